The summed E-state index contributed by atoms with van der Waals surface area (Å²) in [5, 5.41) is 6.69. The quantitative estimate of drug-likeness (QED) is 0.594. The molecule has 0 saturated heterocycles. The van der Waals surface area contributed by atoms with Crippen LogP contribution in [0.2, 0.25) is 0 Å². The lowest BCUT2D eigenvalue weighted by Crippen LogP contribution is -2.33. The second kappa shape index (κ2) is 8.19. The van der Waals surface area contributed by atoms with Crippen LogP contribution in [0.1, 0.15) is 41.8 Å². The molecular formula is C24H21F3N4O3. The minimum Gasteiger partial charge on any atom is -0.493 e. The molecule has 0 spiro atoms. The molecule has 0 radical (unpaired) electrons. The van der Waals surface area contributed by atoms with Gasteiger partial charge in [0.05, 0.1) is 14.2 Å². The molecule has 1 N–H and O–H groups in total. The second-order valence-electron chi connectivity index (χ2n) is 8.17. The molecule has 7 nitrogen and oxygen atoms in total. The van der Waals surface area contributed by atoms with Gasteiger partial charge in [-0.1, -0.05) is 36.4 Å². The van der Waals surface area contributed by atoms with E-state index in [1.165, 1.54) is 7.11 Å². The van der Waals surface area contributed by atoms with Crippen LogP contribution in [0.25, 0.3) is 0 Å². The summed E-state index contributed by atoms with van der Waals surface area (Å²) in [5.41, 5.74) is 2.50. The molecule has 0 saturated carbocycles. The molecule has 0 fully saturated rings. The number of halogens is 3. The second-order valence-corrected chi connectivity index (χ2v) is 8.17. The number of fused-ring (bicyclic) bond motifs is 1. The van der Waals surface area contributed by atoms with Gasteiger partial charge >= 0.3 is 6.18 Å². The van der Waals surface area contributed by atoms with Crippen LogP contribution in [0.5, 0.6) is 11.5 Å². The molecule has 10 heteroatoms. The van der Waals surface area contributed by atoms with Gasteiger partial charge in [-0.05, 0) is 35.6 Å². The van der Waals surface area contributed by atoms with E-state index in [1.807, 2.05) is 12.1 Å². The minimum atomic E-state index is -4.71. The predicted octanol–water partition coefficient (Wildman–Crippen LogP) is 4.73. The van der Waals surface area contributed by atoms with Gasteiger partial charge in [-0.25, -0.2) is 4.68 Å². The Bertz CT molecular complexity index is 1280. The van der Waals surface area contributed by atoms with E-state index < -0.39 is 18.0 Å². The summed E-state index contributed by atoms with van der Waals surface area (Å²) in [4.78, 5) is 17.1. The Morgan fingerprint density at radius 3 is 2.41 bits per heavy atom. The van der Waals surface area contributed by atoms with Crippen molar-refractivity contribution in [2.24, 2.45) is 0 Å². The zero-order valence-electron chi connectivity index (χ0n) is 18.4. The molecular weight excluding hydrogens is 449 g/mol. The van der Waals surface area contributed by atoms with Gasteiger partial charge in [0.1, 0.15) is 6.04 Å². The van der Waals surface area contributed by atoms with E-state index in [4.69, 9.17) is 9.47 Å². The number of aromatic nitrogens is 3. The van der Waals surface area contributed by atoms with Gasteiger partial charge in [0.25, 0.3) is 5.82 Å². The average Bonchev–Trinajstić information content (AvgIpc) is 3.27. The fourth-order valence-corrected chi connectivity index (χ4v) is 4.62. The Balaban J connectivity index is 1.58. The number of nitrogens with zero attached hydrogens (tertiary/aromatic N) is 3. The Morgan fingerprint density at radius 2 is 1.74 bits per heavy atom. The highest BCUT2D eigenvalue weighted by atomic mass is 19.4. The third-order valence-electron chi connectivity index (χ3n) is 6.17. The summed E-state index contributed by atoms with van der Waals surface area (Å²) in [6.45, 7) is 0. The van der Waals surface area contributed by atoms with Crippen LogP contribution in [0.15, 0.2) is 59.8 Å². The van der Waals surface area contributed by atoms with E-state index >= 15 is 0 Å². The molecule has 0 bridgehead atoms. The number of carbonyl (C=O) groups is 1. The van der Waals surface area contributed by atoms with E-state index in [9.17, 15) is 18.0 Å². The molecule has 5 rings (SSSR count). The van der Waals surface area contributed by atoms with Crippen LogP contribution in [0, 0.1) is 0 Å². The van der Waals surface area contributed by atoms with E-state index in [2.05, 4.69) is 15.4 Å². The summed E-state index contributed by atoms with van der Waals surface area (Å²) in [6, 6.07) is 13.6. The maximum Gasteiger partial charge on any atom is 0.453 e. The van der Waals surface area contributed by atoms with Crippen molar-refractivity contribution in [1.29, 1.82) is 0 Å². The lowest BCUT2D eigenvalue weighted by molar-refractivity contribution is -0.145. The Kier molecular flexibility index (Phi) is 5.30. The number of hydrogen-bond acceptors (Lipinski definition) is 6. The first-order valence-electron chi connectivity index (χ1n) is 10.6. The number of ether oxygens (including phenoxy) is 2. The molecule has 1 aliphatic carbocycles. The molecule has 176 valence electrons. The molecule has 3 aromatic rings. The van der Waals surface area contributed by atoms with Crippen molar-refractivity contribution >= 4 is 11.7 Å². The van der Waals surface area contributed by atoms with Crippen LogP contribution in [-0.2, 0) is 11.0 Å². The molecule has 2 aliphatic rings. The molecule has 0 unspecified atom stereocenters. The summed E-state index contributed by atoms with van der Waals surface area (Å²) in [7, 11) is 3.08. The normalized spacial score (nSPS) is 19.9. The molecule has 1 aliphatic heterocycles. The summed E-state index contributed by atoms with van der Waals surface area (Å²) in [5.74, 6) is -0.523. The van der Waals surface area contributed by atoms with Crippen molar-refractivity contribution in [3.05, 3.63) is 76.8 Å². The molecule has 2 atom stereocenters. The van der Waals surface area contributed by atoms with Crippen molar-refractivity contribution in [1.82, 2.24) is 14.8 Å². The number of nitrogens with one attached hydrogen (secondary N) is 1. The highest BCUT2D eigenvalue weighted by molar-refractivity contribution is 6.00. The number of rotatable bonds is 4. The van der Waals surface area contributed by atoms with Gasteiger partial charge in [-0.15, -0.1) is 5.10 Å². The van der Waals surface area contributed by atoms with Gasteiger partial charge < -0.3 is 14.8 Å². The van der Waals surface area contributed by atoms with Crippen molar-refractivity contribution in [2.75, 3.05) is 19.5 Å². The van der Waals surface area contributed by atoms with Crippen LogP contribution < -0.4 is 14.8 Å². The van der Waals surface area contributed by atoms with Gasteiger partial charge in [-0.3, -0.25) is 4.79 Å². The van der Waals surface area contributed by atoms with E-state index in [0.717, 1.165) is 10.2 Å². The minimum absolute atomic E-state index is 0.0410. The van der Waals surface area contributed by atoms with Crippen molar-refractivity contribution in [3.63, 3.8) is 0 Å². The van der Waals surface area contributed by atoms with Crippen LogP contribution >= 0.6 is 0 Å². The zero-order chi connectivity index (χ0) is 24.0. The number of anilines is 1. The van der Waals surface area contributed by atoms with Crippen molar-refractivity contribution in [3.8, 4) is 11.5 Å². The smallest absolute Gasteiger partial charge is 0.453 e. The lowest BCUT2D eigenvalue weighted by Gasteiger charge is -2.35. The van der Waals surface area contributed by atoms with Crippen LogP contribution in [-0.4, -0.2) is 34.8 Å². The van der Waals surface area contributed by atoms with Crippen molar-refractivity contribution in [2.45, 2.75) is 31.0 Å². The zero-order valence-corrected chi connectivity index (χ0v) is 18.4. The van der Waals surface area contributed by atoms with Gasteiger partial charge in [0.2, 0.25) is 5.95 Å². The highest BCUT2D eigenvalue weighted by Gasteiger charge is 2.43. The maximum absolute atomic E-state index is 13.4. The topological polar surface area (TPSA) is 78.3 Å². The van der Waals surface area contributed by atoms with Gasteiger partial charge in [0.15, 0.2) is 17.3 Å². The number of methoxy groups -OCH3 is 2. The van der Waals surface area contributed by atoms with Crippen molar-refractivity contribution < 1.29 is 27.4 Å². The lowest BCUT2D eigenvalue weighted by atomic mass is 9.78. The Morgan fingerprint density at radius 1 is 1.00 bits per heavy atom. The number of hydrogen-bond donors (Lipinski definition) is 1. The predicted molar refractivity (Wildman–Crippen MR) is 117 cm³/mol. The Hall–Kier alpha value is -3.82. The SMILES string of the molecule is COc1ccc([C@H]2CC(=O)C3=C(C2)Nc2nc(C(F)(F)F)nn2[C@H]3c2ccccc2)cc1OC. The largest absolute Gasteiger partial charge is 0.493 e. The molecule has 34 heavy (non-hydrogen) atoms. The first kappa shape index (κ1) is 22.0. The monoisotopic (exact) mass is 470 g/mol. The van der Waals surface area contributed by atoms with E-state index in [-0.39, 0.29) is 24.1 Å². The fraction of sp³-hybridized carbons (Fsp3) is 0.292. The van der Waals surface area contributed by atoms with Crippen LogP contribution in [0.3, 0.4) is 0 Å². The Labute approximate surface area is 193 Å². The number of benzene rings is 2. The van der Waals surface area contributed by atoms with Gasteiger partial charge in [-0.2, -0.15) is 18.2 Å². The first-order chi connectivity index (χ1) is 16.3. The number of alkyl halides is 3. The molecule has 2 heterocycles. The van der Waals surface area contributed by atoms with E-state index in [1.54, 1.807) is 43.5 Å². The number of carbonyl (C=O) groups excluding carboxylic acids is 1. The molecule has 2 aromatic carbocycles. The molecule has 1 aromatic heterocycles. The summed E-state index contributed by atoms with van der Waals surface area (Å²) in [6.07, 6.45) is -4.08. The number of allylic oxidation sites excluding steroid dienone is 2. The van der Waals surface area contributed by atoms with E-state index in [0.29, 0.717) is 34.8 Å². The number of Topliss-reactive ketones (excluding diaryl/α,β-unsaturated/α-hetero) is 1. The standard InChI is InChI=1S/C24H21F3N4O3/c1-33-18-9-8-14(12-19(18)34-2)15-10-16-20(17(32)11-15)21(13-6-4-3-5-7-13)31-23(28-16)29-22(30-31)24(25,26)27/h3-9,12,15,21H,10-11H2,1-2H3,(H,28,29,30)/t15-,21+/m1/s1. The summed E-state index contributed by atoms with van der Waals surface area (Å²) >= 11 is 0. The third-order valence-corrected chi connectivity index (χ3v) is 6.17. The summed E-state index contributed by atoms with van der Waals surface area (Å²) < 4.78 is 52.0. The van der Waals surface area contributed by atoms with Crippen LogP contribution in [0.4, 0.5) is 19.1 Å². The number of ketones is 1. The highest BCUT2D eigenvalue weighted by Crippen LogP contribution is 2.45. The maximum atomic E-state index is 13.4. The fourth-order valence-electron chi connectivity index (χ4n) is 4.62. The average molecular weight is 470 g/mol. The first-order valence-corrected chi connectivity index (χ1v) is 10.6. The van der Waals surface area contributed by atoms with Gasteiger partial charge in [0, 0.05) is 17.7 Å². The molecule has 0 amide bonds. The third kappa shape index (κ3) is 3.68.